The van der Waals surface area contributed by atoms with Gasteiger partial charge in [-0.1, -0.05) is 6.92 Å². The SMILES string of the molecule is CCS(=O)c1cc(C(F)(F)F)cnc1-c1c(F)c2cc(C(F)(F)F)cnc2n1C. The maximum Gasteiger partial charge on any atom is 0.417 e. The zero-order valence-corrected chi connectivity index (χ0v) is 15.6. The van der Waals surface area contributed by atoms with Crippen LogP contribution in [-0.4, -0.2) is 24.5 Å². The summed E-state index contributed by atoms with van der Waals surface area (Å²) < 4.78 is 106. The summed E-state index contributed by atoms with van der Waals surface area (Å²) in [6, 6.07) is 1.16. The Bertz CT molecular complexity index is 1120. The molecular formula is C17H12F7N3OS. The van der Waals surface area contributed by atoms with Gasteiger partial charge in [-0.25, -0.2) is 9.37 Å². The molecule has 3 aromatic heterocycles. The Labute approximate surface area is 161 Å². The highest BCUT2D eigenvalue weighted by atomic mass is 32.2. The van der Waals surface area contributed by atoms with Crippen molar-refractivity contribution in [2.75, 3.05) is 5.75 Å². The van der Waals surface area contributed by atoms with Crippen molar-refractivity contribution in [1.82, 2.24) is 14.5 Å². The zero-order valence-electron chi connectivity index (χ0n) is 14.8. The van der Waals surface area contributed by atoms with E-state index in [0.29, 0.717) is 24.5 Å². The molecule has 0 aliphatic heterocycles. The fourth-order valence-electron chi connectivity index (χ4n) is 2.79. The molecule has 0 amide bonds. The normalized spacial score (nSPS) is 13.8. The minimum absolute atomic E-state index is 0.0714. The molecule has 0 radical (unpaired) electrons. The minimum Gasteiger partial charge on any atom is -0.325 e. The van der Waals surface area contributed by atoms with Crippen molar-refractivity contribution in [1.29, 1.82) is 0 Å². The summed E-state index contributed by atoms with van der Waals surface area (Å²) in [6.07, 6.45) is -8.54. The lowest BCUT2D eigenvalue weighted by atomic mass is 10.2. The largest absolute Gasteiger partial charge is 0.417 e. The molecule has 4 nitrogen and oxygen atoms in total. The van der Waals surface area contributed by atoms with E-state index in [1.54, 1.807) is 0 Å². The van der Waals surface area contributed by atoms with Gasteiger partial charge in [0, 0.05) is 25.2 Å². The first-order valence-corrected chi connectivity index (χ1v) is 9.35. The van der Waals surface area contributed by atoms with E-state index in [1.165, 1.54) is 14.0 Å². The second-order valence-corrected chi connectivity index (χ2v) is 7.73. The fraction of sp³-hybridized carbons (Fsp3) is 0.294. The van der Waals surface area contributed by atoms with Crippen molar-refractivity contribution in [3.05, 3.63) is 41.5 Å². The molecule has 12 heteroatoms. The van der Waals surface area contributed by atoms with Crippen LogP contribution in [-0.2, 0) is 30.2 Å². The molecule has 1 unspecified atom stereocenters. The first-order valence-electron chi connectivity index (χ1n) is 8.03. The molecule has 0 N–H and O–H groups in total. The Morgan fingerprint density at radius 2 is 1.55 bits per heavy atom. The molecule has 0 aliphatic carbocycles. The van der Waals surface area contributed by atoms with Crippen molar-refractivity contribution in [2.24, 2.45) is 7.05 Å². The third kappa shape index (κ3) is 3.72. The number of hydrogen-bond acceptors (Lipinski definition) is 3. The standard InChI is InChI=1S/C17H12F7N3OS/c1-3-29(28)11-5-9(17(22,23)24)6-25-13(11)14-12(18)10-4-8(16(19,20)21)7-26-15(10)27(14)2/h4-7H,3H2,1-2H3. The van der Waals surface area contributed by atoms with Gasteiger partial charge >= 0.3 is 12.4 Å². The van der Waals surface area contributed by atoms with Gasteiger partial charge in [0.05, 0.1) is 32.2 Å². The summed E-state index contributed by atoms with van der Waals surface area (Å²) in [5.74, 6) is -1.22. The van der Waals surface area contributed by atoms with E-state index < -0.39 is 51.2 Å². The van der Waals surface area contributed by atoms with Crippen LogP contribution >= 0.6 is 0 Å². The van der Waals surface area contributed by atoms with Gasteiger partial charge in [-0.2, -0.15) is 26.3 Å². The van der Waals surface area contributed by atoms with Crippen LogP contribution in [0.15, 0.2) is 29.4 Å². The van der Waals surface area contributed by atoms with Crippen LogP contribution < -0.4 is 0 Å². The smallest absolute Gasteiger partial charge is 0.325 e. The number of aryl methyl sites for hydroxylation is 1. The lowest BCUT2D eigenvalue weighted by Gasteiger charge is -2.13. The molecule has 0 bridgehead atoms. The van der Waals surface area contributed by atoms with Crippen molar-refractivity contribution < 1.29 is 34.9 Å². The Balaban J connectivity index is 2.32. The summed E-state index contributed by atoms with van der Waals surface area (Å²) in [5, 5.41) is -0.479. The van der Waals surface area contributed by atoms with Crippen molar-refractivity contribution >= 4 is 21.8 Å². The number of aromatic nitrogens is 3. The number of hydrogen-bond donors (Lipinski definition) is 0. The third-order valence-electron chi connectivity index (χ3n) is 4.20. The topological polar surface area (TPSA) is 47.8 Å². The Morgan fingerprint density at radius 1 is 1.00 bits per heavy atom. The van der Waals surface area contributed by atoms with E-state index >= 15 is 4.39 Å². The van der Waals surface area contributed by atoms with Crippen LogP contribution in [0, 0.1) is 5.82 Å². The van der Waals surface area contributed by atoms with Crippen LogP contribution in [0.25, 0.3) is 22.4 Å². The predicted octanol–water partition coefficient (Wildman–Crippen LogP) is 4.94. The second-order valence-electron chi connectivity index (χ2n) is 6.02. The van der Waals surface area contributed by atoms with Gasteiger partial charge in [0.15, 0.2) is 5.82 Å². The number of pyridine rings is 2. The highest BCUT2D eigenvalue weighted by Gasteiger charge is 2.35. The van der Waals surface area contributed by atoms with Crippen LogP contribution in [0.4, 0.5) is 30.7 Å². The maximum atomic E-state index is 15.0. The highest BCUT2D eigenvalue weighted by Crippen LogP contribution is 2.38. The average Bonchev–Trinajstić information content (AvgIpc) is 2.89. The van der Waals surface area contributed by atoms with Crippen LogP contribution in [0.3, 0.4) is 0 Å². The van der Waals surface area contributed by atoms with Gasteiger partial charge in [-0.15, -0.1) is 0 Å². The molecule has 1 atom stereocenters. The molecule has 0 saturated heterocycles. The molecule has 3 rings (SSSR count). The highest BCUT2D eigenvalue weighted by molar-refractivity contribution is 7.85. The molecule has 156 valence electrons. The summed E-state index contributed by atoms with van der Waals surface area (Å²) >= 11 is 0. The number of fused-ring (bicyclic) bond motifs is 1. The predicted molar refractivity (Wildman–Crippen MR) is 90.9 cm³/mol. The quantitative estimate of drug-likeness (QED) is 0.544. The molecule has 0 saturated carbocycles. The van der Waals surface area contributed by atoms with E-state index in [2.05, 4.69) is 9.97 Å². The monoisotopic (exact) mass is 439 g/mol. The molecule has 0 aliphatic rings. The van der Waals surface area contributed by atoms with E-state index in [-0.39, 0.29) is 22.0 Å². The van der Waals surface area contributed by atoms with E-state index in [4.69, 9.17) is 0 Å². The number of rotatable bonds is 3. The number of halogens is 7. The van der Waals surface area contributed by atoms with Crippen molar-refractivity contribution in [2.45, 2.75) is 24.2 Å². The summed E-state index contributed by atoms with van der Waals surface area (Å²) in [6.45, 7) is 1.45. The zero-order chi connectivity index (χ0) is 21.7. The lowest BCUT2D eigenvalue weighted by Crippen LogP contribution is -2.10. The maximum absolute atomic E-state index is 15.0. The van der Waals surface area contributed by atoms with Gasteiger partial charge in [0.25, 0.3) is 0 Å². The molecular weight excluding hydrogens is 427 g/mol. The fourth-order valence-corrected chi connectivity index (χ4v) is 3.73. The average molecular weight is 439 g/mol. The summed E-state index contributed by atoms with van der Waals surface area (Å²) in [7, 11) is -0.670. The van der Waals surface area contributed by atoms with Crippen LogP contribution in [0.2, 0.25) is 0 Å². The van der Waals surface area contributed by atoms with Crippen LogP contribution in [0.5, 0.6) is 0 Å². The molecule has 0 aromatic carbocycles. The second kappa shape index (κ2) is 7.08. The molecule has 29 heavy (non-hydrogen) atoms. The van der Waals surface area contributed by atoms with Gasteiger partial charge in [0.2, 0.25) is 0 Å². The Morgan fingerprint density at radius 3 is 2.10 bits per heavy atom. The van der Waals surface area contributed by atoms with Gasteiger partial charge in [-0.3, -0.25) is 9.19 Å². The Kier molecular flexibility index (Phi) is 5.18. The number of nitrogens with zero attached hydrogens (tertiary/aromatic N) is 3. The van der Waals surface area contributed by atoms with E-state index in [9.17, 15) is 30.6 Å². The Hall–Kier alpha value is -2.50. The van der Waals surface area contributed by atoms with Crippen molar-refractivity contribution in [3.8, 4) is 11.4 Å². The first kappa shape index (κ1) is 21.2. The van der Waals surface area contributed by atoms with Gasteiger partial charge in [-0.05, 0) is 12.1 Å². The van der Waals surface area contributed by atoms with Crippen LogP contribution in [0.1, 0.15) is 18.1 Å². The number of alkyl halides is 6. The molecule has 3 heterocycles. The third-order valence-corrected chi connectivity index (χ3v) is 5.53. The summed E-state index contributed by atoms with van der Waals surface area (Å²) in [4.78, 5) is 6.90. The summed E-state index contributed by atoms with van der Waals surface area (Å²) in [5.41, 5.74) is -3.28. The minimum atomic E-state index is -4.77. The molecule has 3 aromatic rings. The van der Waals surface area contributed by atoms with Gasteiger partial charge in [0.1, 0.15) is 17.0 Å². The molecule has 0 spiro atoms. The van der Waals surface area contributed by atoms with E-state index in [1.807, 2.05) is 0 Å². The lowest BCUT2D eigenvalue weighted by molar-refractivity contribution is -0.138. The van der Waals surface area contributed by atoms with E-state index in [0.717, 1.165) is 4.57 Å². The first-order chi connectivity index (χ1) is 13.4. The van der Waals surface area contributed by atoms with Crippen molar-refractivity contribution in [3.63, 3.8) is 0 Å². The molecule has 0 fully saturated rings. The van der Waals surface area contributed by atoms with Gasteiger partial charge < -0.3 is 4.57 Å².